The number of aliphatic carboxylic acids is 1. The van der Waals surface area contributed by atoms with Gasteiger partial charge in [0.15, 0.2) is 5.78 Å². The smallest absolute Gasteiger partial charge is 0.325 e. The first-order valence-electron chi connectivity index (χ1n) is 6.32. The van der Waals surface area contributed by atoms with Crippen LogP contribution in [0.5, 0.6) is 0 Å². The number of rotatable bonds is 3. The fraction of sp³-hybridized carbons (Fsp3) is 0.143. The van der Waals surface area contributed by atoms with Gasteiger partial charge in [0.2, 0.25) is 0 Å². The average molecular weight is 336 g/mol. The van der Waals surface area contributed by atoms with Crippen LogP contribution >= 0.6 is 23.4 Å². The Morgan fingerprint density at radius 1 is 1.50 bits per heavy atom. The van der Waals surface area contributed by atoms with Crippen LogP contribution in [-0.2, 0) is 11.3 Å². The third-order valence-electron chi connectivity index (χ3n) is 3.04. The second-order valence-corrected chi connectivity index (χ2v) is 6.12. The zero-order chi connectivity index (χ0) is 15.7. The van der Waals surface area contributed by atoms with Gasteiger partial charge in [0.05, 0.1) is 6.20 Å². The number of hydrogen-bond acceptors (Lipinski definition) is 5. The fourth-order valence-electron chi connectivity index (χ4n) is 2.08. The third-order valence-corrected chi connectivity index (χ3v) is 4.39. The molecule has 0 atom stereocenters. The zero-order valence-electron chi connectivity index (χ0n) is 11.2. The standard InChI is InChI=1S/C14H10ClN3O3S/c15-9-1-2-12-11(4-9)14(21)8(7-22-12)3-10-5-18(17-16-10)6-13(19)20/h1-5H,6-7H2,(H,19,20)/b8-3-. The van der Waals surface area contributed by atoms with Gasteiger partial charge in [-0.25, -0.2) is 4.68 Å². The number of carbonyl (C=O) groups is 2. The summed E-state index contributed by atoms with van der Waals surface area (Å²) in [4.78, 5) is 24.0. The van der Waals surface area contributed by atoms with Crippen LogP contribution in [0.4, 0.5) is 0 Å². The number of nitrogens with zero attached hydrogens (tertiary/aromatic N) is 3. The lowest BCUT2D eigenvalue weighted by Gasteiger charge is -2.16. The molecular weight excluding hydrogens is 326 g/mol. The predicted octanol–water partition coefficient (Wildman–Crippen LogP) is 2.39. The van der Waals surface area contributed by atoms with E-state index in [-0.39, 0.29) is 12.3 Å². The van der Waals surface area contributed by atoms with Crippen molar-refractivity contribution in [1.82, 2.24) is 15.0 Å². The van der Waals surface area contributed by atoms with Gasteiger partial charge in [0.1, 0.15) is 12.2 Å². The van der Waals surface area contributed by atoms with E-state index in [1.54, 1.807) is 30.0 Å². The van der Waals surface area contributed by atoms with Crippen LogP contribution in [0.1, 0.15) is 16.1 Å². The molecule has 0 saturated carbocycles. The number of halogens is 1. The minimum atomic E-state index is -1.00. The molecule has 0 amide bonds. The van der Waals surface area contributed by atoms with Crippen LogP contribution in [0.2, 0.25) is 5.02 Å². The van der Waals surface area contributed by atoms with Crippen LogP contribution in [0.15, 0.2) is 34.9 Å². The number of fused-ring (bicyclic) bond motifs is 1. The molecular formula is C14H10ClN3O3S. The van der Waals surface area contributed by atoms with Crippen molar-refractivity contribution in [2.24, 2.45) is 0 Å². The van der Waals surface area contributed by atoms with Crippen LogP contribution in [0, 0.1) is 0 Å². The van der Waals surface area contributed by atoms with Crippen molar-refractivity contribution in [2.75, 3.05) is 5.75 Å². The molecule has 2 aromatic rings. The van der Waals surface area contributed by atoms with E-state index in [2.05, 4.69) is 10.3 Å². The van der Waals surface area contributed by atoms with E-state index in [1.807, 2.05) is 6.07 Å². The van der Waals surface area contributed by atoms with Crippen molar-refractivity contribution >= 4 is 41.2 Å². The van der Waals surface area contributed by atoms with Gasteiger partial charge in [-0.1, -0.05) is 16.8 Å². The number of carboxylic acid groups (broad SMARTS) is 1. The normalized spacial score (nSPS) is 15.9. The molecule has 3 rings (SSSR count). The minimum Gasteiger partial charge on any atom is -0.480 e. The number of Topliss-reactive ketones (excluding diaryl/α,β-unsaturated/α-hetero) is 1. The molecule has 8 heteroatoms. The minimum absolute atomic E-state index is 0.0935. The van der Waals surface area contributed by atoms with E-state index in [0.29, 0.717) is 27.6 Å². The van der Waals surface area contributed by atoms with Gasteiger partial charge >= 0.3 is 5.97 Å². The molecule has 1 aliphatic rings. The molecule has 0 aliphatic carbocycles. The van der Waals surface area contributed by atoms with Gasteiger partial charge in [-0.15, -0.1) is 16.9 Å². The summed E-state index contributed by atoms with van der Waals surface area (Å²) in [5.74, 6) is -0.569. The highest BCUT2D eigenvalue weighted by Crippen LogP contribution is 2.34. The molecule has 0 radical (unpaired) electrons. The quantitative estimate of drug-likeness (QED) is 0.867. The molecule has 6 nitrogen and oxygen atoms in total. The summed E-state index contributed by atoms with van der Waals surface area (Å²) in [5, 5.41) is 16.8. The van der Waals surface area contributed by atoms with Gasteiger partial charge < -0.3 is 5.11 Å². The highest BCUT2D eigenvalue weighted by atomic mass is 35.5. The largest absolute Gasteiger partial charge is 0.480 e. The Balaban J connectivity index is 1.88. The maximum Gasteiger partial charge on any atom is 0.325 e. The first kappa shape index (κ1) is 14.8. The second-order valence-electron chi connectivity index (χ2n) is 4.66. The summed E-state index contributed by atoms with van der Waals surface area (Å²) in [6.45, 7) is -0.267. The second kappa shape index (κ2) is 5.94. The van der Waals surface area contributed by atoms with E-state index in [0.717, 1.165) is 4.90 Å². The molecule has 112 valence electrons. The van der Waals surface area contributed by atoms with Crippen LogP contribution < -0.4 is 0 Å². The number of thioether (sulfide) groups is 1. The van der Waals surface area contributed by atoms with Gasteiger partial charge in [-0.05, 0) is 24.3 Å². The van der Waals surface area contributed by atoms with E-state index in [9.17, 15) is 9.59 Å². The summed E-state index contributed by atoms with van der Waals surface area (Å²) in [6, 6.07) is 5.24. The van der Waals surface area contributed by atoms with Crippen molar-refractivity contribution < 1.29 is 14.7 Å². The van der Waals surface area contributed by atoms with E-state index < -0.39 is 5.97 Å². The molecule has 1 aromatic carbocycles. The number of hydrogen-bond donors (Lipinski definition) is 1. The van der Waals surface area contributed by atoms with Crippen molar-refractivity contribution in [3.8, 4) is 0 Å². The maximum atomic E-state index is 12.5. The molecule has 0 saturated heterocycles. The Morgan fingerprint density at radius 2 is 2.32 bits per heavy atom. The number of benzene rings is 1. The molecule has 1 aliphatic heterocycles. The monoisotopic (exact) mass is 335 g/mol. The molecule has 1 aromatic heterocycles. The number of carbonyl (C=O) groups excluding carboxylic acids is 1. The Bertz CT molecular complexity index is 800. The Morgan fingerprint density at radius 3 is 3.09 bits per heavy atom. The van der Waals surface area contributed by atoms with Gasteiger partial charge in [0, 0.05) is 26.8 Å². The van der Waals surface area contributed by atoms with Crippen molar-refractivity contribution in [1.29, 1.82) is 0 Å². The first-order valence-corrected chi connectivity index (χ1v) is 7.69. The lowest BCUT2D eigenvalue weighted by atomic mass is 10.0. The molecule has 1 N–H and O–H groups in total. The summed E-state index contributed by atoms with van der Waals surface area (Å²) in [6.07, 6.45) is 3.12. The lowest BCUT2D eigenvalue weighted by Crippen LogP contribution is -2.12. The van der Waals surface area contributed by atoms with Crippen LogP contribution in [0.3, 0.4) is 0 Å². The topological polar surface area (TPSA) is 85.1 Å². The average Bonchev–Trinajstić information content (AvgIpc) is 2.89. The van der Waals surface area contributed by atoms with Crippen molar-refractivity contribution in [3.05, 3.63) is 46.2 Å². The Labute approximate surface area is 134 Å². The molecule has 0 fully saturated rings. The first-order chi connectivity index (χ1) is 10.5. The van der Waals surface area contributed by atoms with Crippen molar-refractivity contribution in [3.63, 3.8) is 0 Å². The summed E-state index contributed by atoms with van der Waals surface area (Å²) >= 11 is 7.49. The molecule has 0 unspecified atom stereocenters. The molecule has 0 bridgehead atoms. The molecule has 2 heterocycles. The molecule has 22 heavy (non-hydrogen) atoms. The number of ketones is 1. The molecule has 0 spiro atoms. The third kappa shape index (κ3) is 3.05. The highest BCUT2D eigenvalue weighted by molar-refractivity contribution is 7.99. The highest BCUT2D eigenvalue weighted by Gasteiger charge is 2.23. The van der Waals surface area contributed by atoms with Gasteiger partial charge in [-0.2, -0.15) is 0 Å². The van der Waals surface area contributed by atoms with E-state index in [1.165, 1.54) is 10.9 Å². The van der Waals surface area contributed by atoms with Crippen LogP contribution in [-0.4, -0.2) is 37.6 Å². The maximum absolute atomic E-state index is 12.5. The number of aromatic nitrogens is 3. The van der Waals surface area contributed by atoms with E-state index >= 15 is 0 Å². The van der Waals surface area contributed by atoms with Crippen molar-refractivity contribution in [2.45, 2.75) is 11.4 Å². The van der Waals surface area contributed by atoms with E-state index in [4.69, 9.17) is 16.7 Å². The Kier molecular flexibility index (Phi) is 4.00. The fourth-order valence-corrected chi connectivity index (χ4v) is 3.25. The predicted molar refractivity (Wildman–Crippen MR) is 82.1 cm³/mol. The van der Waals surface area contributed by atoms with Crippen LogP contribution in [0.25, 0.3) is 6.08 Å². The number of carboxylic acids is 1. The van der Waals surface area contributed by atoms with Gasteiger partial charge in [0.25, 0.3) is 0 Å². The summed E-state index contributed by atoms with van der Waals surface area (Å²) in [5.41, 5.74) is 1.62. The summed E-state index contributed by atoms with van der Waals surface area (Å²) in [7, 11) is 0. The van der Waals surface area contributed by atoms with Gasteiger partial charge in [-0.3, -0.25) is 9.59 Å². The lowest BCUT2D eigenvalue weighted by molar-refractivity contribution is -0.137. The summed E-state index contributed by atoms with van der Waals surface area (Å²) < 4.78 is 1.21. The zero-order valence-corrected chi connectivity index (χ0v) is 12.8. The SMILES string of the molecule is O=C(O)Cn1cc(/C=C2/CSc3ccc(Cl)cc3C2=O)nn1. The Hall–Kier alpha value is -2.12.